The molecule has 2 saturated heterocycles. The van der Waals surface area contributed by atoms with Gasteiger partial charge in [0.1, 0.15) is 0 Å². The lowest BCUT2D eigenvalue weighted by molar-refractivity contribution is -0.145. The van der Waals surface area contributed by atoms with Crippen LogP contribution in [0.2, 0.25) is 0 Å². The Morgan fingerprint density at radius 1 is 1.04 bits per heavy atom. The Labute approximate surface area is 150 Å². The van der Waals surface area contributed by atoms with E-state index in [9.17, 15) is 4.79 Å². The summed E-state index contributed by atoms with van der Waals surface area (Å²) in [5.41, 5.74) is -0.190. The second kappa shape index (κ2) is 7.30. The predicted molar refractivity (Wildman–Crippen MR) is 98.3 cm³/mol. The summed E-state index contributed by atoms with van der Waals surface area (Å²) < 4.78 is 0. The third kappa shape index (κ3) is 3.51. The highest BCUT2D eigenvalue weighted by molar-refractivity contribution is 5.85. The number of rotatable bonds is 4. The van der Waals surface area contributed by atoms with Gasteiger partial charge in [0.2, 0.25) is 11.9 Å². The van der Waals surface area contributed by atoms with Gasteiger partial charge in [0, 0.05) is 38.6 Å². The fourth-order valence-corrected chi connectivity index (χ4v) is 5.06. The van der Waals surface area contributed by atoms with Gasteiger partial charge in [-0.25, -0.2) is 9.97 Å². The molecule has 0 unspecified atom stereocenters. The molecule has 3 heterocycles. The number of amides is 1. The molecule has 25 heavy (non-hydrogen) atoms. The maximum absolute atomic E-state index is 13.3. The van der Waals surface area contributed by atoms with Gasteiger partial charge in [-0.1, -0.05) is 32.1 Å². The van der Waals surface area contributed by atoms with Crippen molar-refractivity contribution in [1.82, 2.24) is 14.9 Å². The Morgan fingerprint density at radius 2 is 1.84 bits per heavy atom. The van der Waals surface area contributed by atoms with Gasteiger partial charge in [-0.15, -0.1) is 0 Å². The first kappa shape index (κ1) is 16.8. The Hall–Kier alpha value is -1.65. The van der Waals surface area contributed by atoms with Crippen molar-refractivity contribution in [2.24, 2.45) is 11.3 Å². The van der Waals surface area contributed by atoms with Gasteiger partial charge in [-0.2, -0.15) is 0 Å². The van der Waals surface area contributed by atoms with E-state index in [0.29, 0.717) is 5.91 Å². The normalized spacial score (nSPS) is 28.1. The summed E-state index contributed by atoms with van der Waals surface area (Å²) in [7, 11) is 0. The predicted octanol–water partition coefficient (Wildman–Crippen LogP) is 3.27. The Kier molecular flexibility index (Phi) is 4.91. The van der Waals surface area contributed by atoms with Gasteiger partial charge in [-0.05, 0) is 37.7 Å². The molecule has 1 atom stereocenters. The van der Waals surface area contributed by atoms with Gasteiger partial charge in [0.05, 0.1) is 5.41 Å². The van der Waals surface area contributed by atoms with E-state index in [1.165, 1.54) is 38.5 Å². The van der Waals surface area contributed by atoms with Gasteiger partial charge in [-0.3, -0.25) is 4.79 Å². The highest BCUT2D eigenvalue weighted by atomic mass is 16.2. The van der Waals surface area contributed by atoms with Crippen LogP contribution in [0.5, 0.6) is 0 Å². The minimum atomic E-state index is -0.190. The van der Waals surface area contributed by atoms with Crippen LogP contribution in [0.3, 0.4) is 0 Å². The van der Waals surface area contributed by atoms with Gasteiger partial charge in [0.25, 0.3) is 0 Å². The Morgan fingerprint density at radius 3 is 2.64 bits per heavy atom. The highest BCUT2D eigenvalue weighted by Crippen LogP contribution is 2.41. The fraction of sp³-hybridized carbons (Fsp3) is 0.750. The number of carbonyl (C=O) groups excluding carboxylic acids is 1. The standard InChI is InChI=1S/C20H30N4O/c25-18-20(10-15-24(16-20)19-21-11-5-12-22-19)9-4-13-23(18)14-8-17-6-2-1-3-7-17/h5,11-12,17H,1-4,6-10,13-16H2/t20-/m1/s1. The molecule has 0 bridgehead atoms. The molecule has 136 valence electrons. The van der Waals surface area contributed by atoms with Crippen molar-refractivity contribution in [2.75, 3.05) is 31.1 Å². The van der Waals surface area contributed by atoms with E-state index < -0.39 is 0 Å². The van der Waals surface area contributed by atoms with E-state index in [2.05, 4.69) is 19.8 Å². The Balaban J connectivity index is 1.38. The monoisotopic (exact) mass is 342 g/mol. The van der Waals surface area contributed by atoms with Crippen LogP contribution in [0.25, 0.3) is 0 Å². The lowest BCUT2D eigenvalue weighted by Gasteiger charge is -2.40. The number of piperidine rings is 1. The number of carbonyl (C=O) groups is 1. The summed E-state index contributed by atoms with van der Waals surface area (Å²) in [6.07, 6.45) is 14.8. The maximum Gasteiger partial charge on any atom is 0.230 e. The highest BCUT2D eigenvalue weighted by Gasteiger charge is 2.48. The molecule has 1 amide bonds. The van der Waals surface area contributed by atoms with Crippen molar-refractivity contribution in [1.29, 1.82) is 0 Å². The molecule has 3 fully saturated rings. The molecular formula is C20H30N4O. The number of hydrogen-bond acceptors (Lipinski definition) is 4. The second-order valence-corrected chi connectivity index (χ2v) is 8.19. The zero-order chi connectivity index (χ0) is 17.1. The van der Waals surface area contributed by atoms with E-state index in [0.717, 1.165) is 57.3 Å². The van der Waals surface area contributed by atoms with Gasteiger partial charge in [0.15, 0.2) is 0 Å². The number of anilines is 1. The van der Waals surface area contributed by atoms with Crippen LogP contribution in [-0.4, -0.2) is 47.0 Å². The van der Waals surface area contributed by atoms with E-state index >= 15 is 0 Å². The summed E-state index contributed by atoms with van der Waals surface area (Å²) in [5, 5.41) is 0. The number of nitrogens with zero attached hydrogens (tertiary/aromatic N) is 4. The first-order chi connectivity index (χ1) is 12.3. The van der Waals surface area contributed by atoms with Crippen LogP contribution in [0.4, 0.5) is 5.95 Å². The molecule has 1 aromatic rings. The summed E-state index contributed by atoms with van der Waals surface area (Å²) in [6.45, 7) is 3.60. The molecule has 2 aliphatic heterocycles. The Bertz CT molecular complexity index is 587. The molecule has 5 nitrogen and oxygen atoms in total. The van der Waals surface area contributed by atoms with Gasteiger partial charge < -0.3 is 9.80 Å². The van der Waals surface area contributed by atoms with Crippen molar-refractivity contribution in [3.05, 3.63) is 18.5 Å². The van der Waals surface area contributed by atoms with Crippen molar-refractivity contribution in [3.63, 3.8) is 0 Å². The summed E-state index contributed by atoms with van der Waals surface area (Å²) in [6, 6.07) is 1.84. The lowest BCUT2D eigenvalue weighted by atomic mass is 9.78. The van der Waals surface area contributed by atoms with Crippen LogP contribution in [0.15, 0.2) is 18.5 Å². The second-order valence-electron chi connectivity index (χ2n) is 8.19. The summed E-state index contributed by atoms with van der Waals surface area (Å²) in [4.78, 5) is 26.4. The molecule has 0 aromatic carbocycles. The molecule has 1 aromatic heterocycles. The van der Waals surface area contributed by atoms with Crippen LogP contribution < -0.4 is 4.90 Å². The van der Waals surface area contributed by atoms with Crippen LogP contribution in [0, 0.1) is 11.3 Å². The number of hydrogen-bond donors (Lipinski definition) is 0. The van der Waals surface area contributed by atoms with Crippen molar-refractivity contribution < 1.29 is 4.79 Å². The SMILES string of the molecule is O=C1N(CCC2CCCCC2)CCC[C@]12CCN(c1ncccn1)C2. The first-order valence-corrected chi connectivity index (χ1v) is 10.1. The molecular weight excluding hydrogens is 312 g/mol. The minimum absolute atomic E-state index is 0.190. The maximum atomic E-state index is 13.3. The molecule has 1 spiro atoms. The topological polar surface area (TPSA) is 49.3 Å². The average Bonchev–Trinajstić information content (AvgIpc) is 3.10. The molecule has 1 saturated carbocycles. The smallest absolute Gasteiger partial charge is 0.230 e. The lowest BCUT2D eigenvalue weighted by Crippen LogP contribution is -2.50. The van der Waals surface area contributed by atoms with Crippen LogP contribution >= 0.6 is 0 Å². The third-order valence-corrected chi connectivity index (χ3v) is 6.55. The average molecular weight is 342 g/mol. The number of likely N-dealkylation sites (tertiary alicyclic amines) is 1. The van der Waals surface area contributed by atoms with Crippen molar-refractivity contribution >= 4 is 11.9 Å². The minimum Gasteiger partial charge on any atom is -0.342 e. The third-order valence-electron chi connectivity index (χ3n) is 6.55. The van der Waals surface area contributed by atoms with E-state index in [1.54, 1.807) is 12.4 Å². The van der Waals surface area contributed by atoms with Crippen LogP contribution in [-0.2, 0) is 4.79 Å². The molecule has 1 aliphatic carbocycles. The van der Waals surface area contributed by atoms with E-state index in [4.69, 9.17) is 0 Å². The zero-order valence-electron chi connectivity index (χ0n) is 15.2. The zero-order valence-corrected chi connectivity index (χ0v) is 15.2. The van der Waals surface area contributed by atoms with Gasteiger partial charge >= 0.3 is 0 Å². The van der Waals surface area contributed by atoms with Crippen molar-refractivity contribution in [3.8, 4) is 0 Å². The van der Waals surface area contributed by atoms with E-state index in [1.807, 2.05) is 6.07 Å². The van der Waals surface area contributed by atoms with Crippen molar-refractivity contribution in [2.45, 2.75) is 57.8 Å². The molecule has 0 radical (unpaired) electrons. The molecule has 3 aliphatic rings. The number of aromatic nitrogens is 2. The van der Waals surface area contributed by atoms with Crippen LogP contribution in [0.1, 0.15) is 57.8 Å². The first-order valence-electron chi connectivity index (χ1n) is 10.1. The summed E-state index contributed by atoms with van der Waals surface area (Å²) in [5.74, 6) is 2.01. The van der Waals surface area contributed by atoms with E-state index in [-0.39, 0.29) is 5.41 Å². The summed E-state index contributed by atoms with van der Waals surface area (Å²) >= 11 is 0. The molecule has 4 rings (SSSR count). The largest absolute Gasteiger partial charge is 0.342 e. The molecule has 0 N–H and O–H groups in total. The molecule has 5 heteroatoms. The quantitative estimate of drug-likeness (QED) is 0.843. The fourth-order valence-electron chi connectivity index (χ4n) is 5.06.